The highest BCUT2D eigenvalue weighted by atomic mass is 35.5. The second kappa shape index (κ2) is 11.4. The minimum Gasteiger partial charge on any atom is -0.493 e. The van der Waals surface area contributed by atoms with Gasteiger partial charge in [0.05, 0.1) is 17.0 Å². The lowest BCUT2D eigenvalue weighted by Crippen LogP contribution is -2.27. The number of benzene rings is 2. The lowest BCUT2D eigenvalue weighted by Gasteiger charge is -2.15. The van der Waals surface area contributed by atoms with Gasteiger partial charge in [-0.1, -0.05) is 59.9 Å². The monoisotopic (exact) mass is 489 g/mol. The lowest BCUT2D eigenvalue weighted by molar-refractivity contribution is -0.121. The van der Waals surface area contributed by atoms with Gasteiger partial charge in [0.15, 0.2) is 11.5 Å². The fourth-order valence-corrected chi connectivity index (χ4v) is 4.81. The zero-order chi connectivity index (χ0) is 23.1. The molecule has 0 radical (unpaired) electrons. The predicted octanol–water partition coefficient (Wildman–Crippen LogP) is 5.76. The second-order valence-corrected chi connectivity index (χ2v) is 8.84. The zero-order valence-corrected chi connectivity index (χ0v) is 20.3. The molecule has 0 bridgehead atoms. The van der Waals surface area contributed by atoms with E-state index in [0.717, 1.165) is 23.3 Å². The van der Waals surface area contributed by atoms with Crippen molar-refractivity contribution in [2.75, 3.05) is 26.9 Å². The number of halogens is 1. The summed E-state index contributed by atoms with van der Waals surface area (Å²) in [5.74, 6) is 1.60. The summed E-state index contributed by atoms with van der Waals surface area (Å²) in [7, 11) is 1.54. The molecule has 1 aliphatic heterocycles. The maximum Gasteiger partial charge on any atom is 0.266 e. The third kappa shape index (κ3) is 5.65. The number of thiocarbonyl (C=S) groups is 1. The number of nitrogens with zero attached hydrogens (tertiary/aromatic N) is 1. The van der Waals surface area contributed by atoms with Gasteiger partial charge in [0.1, 0.15) is 23.3 Å². The predicted molar refractivity (Wildman–Crippen MR) is 135 cm³/mol. The Morgan fingerprint density at radius 2 is 1.94 bits per heavy atom. The number of hydrogen-bond donors (Lipinski definition) is 0. The van der Waals surface area contributed by atoms with Crippen LogP contribution in [0.3, 0.4) is 0 Å². The average Bonchev–Trinajstić information content (AvgIpc) is 3.05. The Bertz CT molecular complexity index is 1050. The zero-order valence-electron chi connectivity index (χ0n) is 17.9. The summed E-state index contributed by atoms with van der Waals surface area (Å²) in [5, 5.41) is 0.383. The largest absolute Gasteiger partial charge is 0.493 e. The van der Waals surface area contributed by atoms with Crippen molar-refractivity contribution in [3.05, 3.63) is 70.1 Å². The third-order valence-corrected chi connectivity index (χ3v) is 6.32. The van der Waals surface area contributed by atoms with Crippen LogP contribution >= 0.6 is 35.6 Å². The van der Waals surface area contributed by atoms with Gasteiger partial charge in [-0.3, -0.25) is 9.69 Å². The van der Waals surface area contributed by atoms with E-state index in [1.54, 1.807) is 30.2 Å². The van der Waals surface area contributed by atoms with Gasteiger partial charge in [-0.15, -0.1) is 6.58 Å². The standard InChI is InChI=1S/C24H24ClNO4S2/c1-4-8-17-9-6-7-10-19(17)29-11-12-30-22-18(25)13-16(14-20(22)28-3)15-21-23(27)26(5-2)24(31)32-21/h4,6-7,9-10,13-15H,1,5,8,11-12H2,2-3H3. The maximum absolute atomic E-state index is 12.5. The minimum absolute atomic E-state index is 0.105. The highest BCUT2D eigenvalue weighted by molar-refractivity contribution is 8.26. The van der Waals surface area contributed by atoms with Crippen molar-refractivity contribution in [1.82, 2.24) is 4.90 Å². The van der Waals surface area contributed by atoms with E-state index in [4.69, 9.17) is 38.0 Å². The van der Waals surface area contributed by atoms with Gasteiger partial charge < -0.3 is 14.2 Å². The van der Waals surface area contributed by atoms with E-state index in [1.165, 1.54) is 11.8 Å². The summed E-state index contributed by atoms with van der Waals surface area (Å²) in [6, 6.07) is 11.3. The van der Waals surface area contributed by atoms with Gasteiger partial charge in [-0.2, -0.15) is 0 Å². The van der Waals surface area contributed by atoms with E-state index >= 15 is 0 Å². The fourth-order valence-electron chi connectivity index (χ4n) is 3.15. The third-order valence-electron chi connectivity index (χ3n) is 4.66. The number of allylic oxidation sites excluding steroid dienone is 1. The molecule has 2 aromatic rings. The molecule has 3 rings (SSSR count). The number of methoxy groups -OCH3 is 1. The Kier molecular flexibility index (Phi) is 8.61. The molecular formula is C24H24ClNO4S2. The van der Waals surface area contributed by atoms with Crippen LogP contribution in [0.4, 0.5) is 0 Å². The van der Waals surface area contributed by atoms with E-state index in [2.05, 4.69) is 6.58 Å². The number of likely N-dealkylation sites (N-methyl/N-ethyl adjacent to an activating group) is 1. The van der Waals surface area contributed by atoms with Crippen LogP contribution in [0.1, 0.15) is 18.1 Å². The van der Waals surface area contributed by atoms with E-state index in [1.807, 2.05) is 37.3 Å². The summed E-state index contributed by atoms with van der Waals surface area (Å²) >= 11 is 13.0. The van der Waals surface area contributed by atoms with Crippen molar-refractivity contribution >= 4 is 51.9 Å². The highest BCUT2D eigenvalue weighted by Crippen LogP contribution is 2.39. The van der Waals surface area contributed by atoms with E-state index in [-0.39, 0.29) is 12.5 Å². The Hall–Kier alpha value is -2.48. The lowest BCUT2D eigenvalue weighted by atomic mass is 10.1. The van der Waals surface area contributed by atoms with Gasteiger partial charge in [-0.05, 0) is 48.7 Å². The summed E-state index contributed by atoms with van der Waals surface area (Å²) < 4.78 is 17.7. The molecule has 1 heterocycles. The number of para-hydroxylation sites is 1. The topological polar surface area (TPSA) is 48.0 Å². The minimum atomic E-state index is -0.105. The van der Waals surface area contributed by atoms with Crippen LogP contribution in [0.5, 0.6) is 17.2 Å². The molecule has 0 spiro atoms. The Labute approximate surface area is 203 Å². The van der Waals surface area contributed by atoms with Crippen LogP contribution in [0.25, 0.3) is 6.08 Å². The Morgan fingerprint density at radius 3 is 2.62 bits per heavy atom. The van der Waals surface area contributed by atoms with Crippen LogP contribution in [-0.4, -0.2) is 42.0 Å². The normalized spacial score (nSPS) is 14.7. The summed E-state index contributed by atoms with van der Waals surface area (Å²) in [6.07, 6.45) is 4.33. The van der Waals surface area contributed by atoms with Crippen molar-refractivity contribution < 1.29 is 19.0 Å². The van der Waals surface area contributed by atoms with Crippen LogP contribution in [0, 0.1) is 0 Å². The average molecular weight is 490 g/mol. The first-order chi connectivity index (χ1) is 15.5. The second-order valence-electron chi connectivity index (χ2n) is 6.76. The van der Waals surface area contributed by atoms with E-state index in [0.29, 0.717) is 38.9 Å². The smallest absolute Gasteiger partial charge is 0.266 e. The number of hydrogen-bond acceptors (Lipinski definition) is 6. The first-order valence-corrected chi connectivity index (χ1v) is 11.7. The van der Waals surface area contributed by atoms with Crippen LogP contribution in [-0.2, 0) is 11.2 Å². The molecule has 1 aliphatic rings. The molecule has 168 valence electrons. The highest BCUT2D eigenvalue weighted by Gasteiger charge is 2.30. The molecule has 0 aliphatic carbocycles. The Morgan fingerprint density at radius 1 is 1.19 bits per heavy atom. The van der Waals surface area contributed by atoms with Crippen LogP contribution in [0.15, 0.2) is 54.0 Å². The van der Waals surface area contributed by atoms with Gasteiger partial charge in [0.25, 0.3) is 5.91 Å². The molecule has 0 saturated carbocycles. The fraction of sp³-hybridized carbons (Fsp3) is 0.250. The SMILES string of the molecule is C=CCc1ccccc1OCCOc1c(Cl)cc(C=C2SC(=S)N(CC)C2=O)cc1OC. The molecule has 1 amide bonds. The maximum atomic E-state index is 12.5. The van der Waals surface area contributed by atoms with E-state index in [9.17, 15) is 4.79 Å². The molecule has 2 aromatic carbocycles. The number of rotatable bonds is 10. The summed E-state index contributed by atoms with van der Waals surface area (Å²) in [4.78, 5) is 14.6. The van der Waals surface area contributed by atoms with Gasteiger partial charge in [0, 0.05) is 6.54 Å². The Balaban J connectivity index is 1.68. The molecular weight excluding hydrogens is 466 g/mol. The number of thioether (sulfide) groups is 1. The van der Waals surface area contributed by atoms with Gasteiger partial charge >= 0.3 is 0 Å². The van der Waals surface area contributed by atoms with Crippen molar-refractivity contribution in [2.45, 2.75) is 13.3 Å². The van der Waals surface area contributed by atoms with Gasteiger partial charge in [-0.25, -0.2) is 0 Å². The number of carbonyl (C=O) groups excluding carboxylic acids is 1. The molecule has 0 unspecified atom stereocenters. The summed E-state index contributed by atoms with van der Waals surface area (Å²) in [6.45, 7) is 6.83. The van der Waals surface area contributed by atoms with Crippen molar-refractivity contribution in [3.63, 3.8) is 0 Å². The molecule has 32 heavy (non-hydrogen) atoms. The molecule has 0 N–H and O–H groups in total. The summed E-state index contributed by atoms with van der Waals surface area (Å²) in [5.41, 5.74) is 1.79. The van der Waals surface area contributed by atoms with Crippen molar-refractivity contribution in [2.24, 2.45) is 0 Å². The van der Waals surface area contributed by atoms with Crippen molar-refractivity contribution in [3.8, 4) is 17.2 Å². The quantitative estimate of drug-likeness (QED) is 0.183. The molecule has 0 atom stereocenters. The number of carbonyl (C=O) groups is 1. The first kappa shape index (κ1) is 24.2. The molecule has 1 fully saturated rings. The molecule has 0 aromatic heterocycles. The van der Waals surface area contributed by atoms with Crippen molar-refractivity contribution in [1.29, 1.82) is 0 Å². The molecule has 8 heteroatoms. The van der Waals surface area contributed by atoms with Gasteiger partial charge in [0.2, 0.25) is 0 Å². The number of amides is 1. The number of ether oxygens (including phenoxy) is 3. The first-order valence-electron chi connectivity index (χ1n) is 10.1. The van der Waals surface area contributed by atoms with Crippen LogP contribution < -0.4 is 14.2 Å². The molecule has 1 saturated heterocycles. The molecule has 5 nitrogen and oxygen atoms in total. The van der Waals surface area contributed by atoms with Crippen LogP contribution in [0.2, 0.25) is 5.02 Å². The van der Waals surface area contributed by atoms with E-state index < -0.39 is 0 Å².